The third-order valence-electron chi connectivity index (χ3n) is 6.59. The van der Waals surface area contributed by atoms with Crippen LogP contribution >= 0.6 is 0 Å². The second kappa shape index (κ2) is 10.2. The van der Waals surface area contributed by atoms with Crippen LogP contribution in [0, 0.1) is 29.1 Å². The van der Waals surface area contributed by atoms with E-state index in [0.717, 1.165) is 21.4 Å². The number of benzene rings is 4. The van der Waals surface area contributed by atoms with Gasteiger partial charge in [-0.3, -0.25) is 4.79 Å². The van der Waals surface area contributed by atoms with E-state index in [1.54, 1.807) is 36.4 Å². The molecule has 5 rings (SSSR count). The number of fused-ring (bicyclic) bond motifs is 1. The van der Waals surface area contributed by atoms with Gasteiger partial charge >= 0.3 is 0 Å². The molecule has 0 atom stereocenters. The minimum atomic E-state index is -2.17. The predicted octanol–water partition coefficient (Wildman–Crippen LogP) is 6.12. The van der Waals surface area contributed by atoms with E-state index in [4.69, 9.17) is 4.74 Å². The summed E-state index contributed by atoms with van der Waals surface area (Å²) in [5, 5.41) is 4.70. The fourth-order valence-electron chi connectivity index (χ4n) is 4.58. The highest BCUT2D eigenvalue weighted by Crippen LogP contribution is 2.32. The van der Waals surface area contributed by atoms with Gasteiger partial charge in [-0.2, -0.15) is 0 Å². The van der Waals surface area contributed by atoms with Crippen LogP contribution in [0.1, 0.15) is 10.4 Å². The maximum absolute atomic E-state index is 14.2. The minimum Gasteiger partial charge on any atom is -0.496 e. The molecule has 1 amide bonds. The molecule has 0 radical (unpaired) electrons. The number of ether oxygens (including phenoxy) is 1. The third kappa shape index (κ3) is 4.57. The molecule has 0 unspecified atom stereocenters. The van der Waals surface area contributed by atoms with Crippen LogP contribution in [0.5, 0.6) is 5.75 Å². The standard InChI is InChI=1S/C28H22F5N3O2/c1-38-21-15-17-5-3-2-4-16(17)14-20(21)28(37)34-18-6-8-19(9-7-18)35-10-12-36(13-11-35)27-25(32)23(30)22(29)24(31)26(27)33/h2-9,14-15H,10-13H2,1H3,(H,34,37). The average molecular weight is 527 g/mol. The number of amides is 1. The molecule has 10 heteroatoms. The molecule has 0 spiro atoms. The van der Waals surface area contributed by atoms with Crippen molar-refractivity contribution in [2.24, 2.45) is 0 Å². The van der Waals surface area contributed by atoms with Crippen molar-refractivity contribution in [3.63, 3.8) is 0 Å². The number of nitrogens with zero attached hydrogens (tertiary/aromatic N) is 2. The van der Waals surface area contributed by atoms with Gasteiger partial charge in [0, 0.05) is 37.6 Å². The fraction of sp³-hybridized carbons (Fsp3) is 0.179. The number of hydrogen-bond donors (Lipinski definition) is 1. The molecule has 5 nitrogen and oxygen atoms in total. The Kier molecular flexibility index (Phi) is 6.79. The quantitative estimate of drug-likeness (QED) is 0.193. The fourth-order valence-corrected chi connectivity index (χ4v) is 4.58. The second-order valence-electron chi connectivity index (χ2n) is 8.79. The Hall–Kier alpha value is -4.34. The van der Waals surface area contributed by atoms with Gasteiger partial charge in [-0.05, 0) is 47.2 Å². The molecule has 1 fully saturated rings. The number of anilines is 3. The summed E-state index contributed by atoms with van der Waals surface area (Å²) >= 11 is 0. The van der Waals surface area contributed by atoms with Crippen molar-refractivity contribution in [1.82, 2.24) is 0 Å². The van der Waals surface area contributed by atoms with E-state index in [1.165, 1.54) is 7.11 Å². The molecular weight excluding hydrogens is 505 g/mol. The van der Waals surface area contributed by atoms with Crippen LogP contribution in [-0.4, -0.2) is 39.2 Å². The lowest BCUT2D eigenvalue weighted by Crippen LogP contribution is -2.47. The molecule has 0 saturated carbocycles. The number of nitrogens with one attached hydrogen (secondary N) is 1. The highest BCUT2D eigenvalue weighted by molar-refractivity contribution is 6.08. The zero-order valence-electron chi connectivity index (χ0n) is 20.2. The van der Waals surface area contributed by atoms with Crippen molar-refractivity contribution in [2.45, 2.75) is 0 Å². The van der Waals surface area contributed by atoms with Crippen molar-refractivity contribution < 1.29 is 31.5 Å². The number of carbonyl (C=O) groups excluding carboxylic acids is 1. The van der Waals surface area contributed by atoms with Crippen LogP contribution in [0.25, 0.3) is 10.8 Å². The Morgan fingerprint density at radius 2 is 1.26 bits per heavy atom. The largest absolute Gasteiger partial charge is 0.496 e. The Labute approximate surface area is 215 Å². The number of hydrogen-bond acceptors (Lipinski definition) is 4. The molecule has 1 heterocycles. The van der Waals surface area contributed by atoms with E-state index < -0.39 is 34.8 Å². The SMILES string of the molecule is COc1cc2ccccc2cc1C(=O)Nc1ccc(N2CCN(c3c(F)c(F)c(F)c(F)c3F)CC2)cc1. The van der Waals surface area contributed by atoms with Crippen LogP contribution in [0.3, 0.4) is 0 Å². The smallest absolute Gasteiger partial charge is 0.259 e. The van der Waals surface area contributed by atoms with E-state index in [9.17, 15) is 26.7 Å². The normalized spacial score (nSPS) is 13.6. The topological polar surface area (TPSA) is 44.8 Å². The molecular formula is C28H22F5N3O2. The number of piperazine rings is 1. The number of methoxy groups -OCH3 is 1. The first-order valence-corrected chi connectivity index (χ1v) is 11.8. The predicted molar refractivity (Wildman–Crippen MR) is 136 cm³/mol. The highest BCUT2D eigenvalue weighted by Gasteiger charge is 2.30. The number of rotatable bonds is 5. The van der Waals surface area contributed by atoms with Crippen molar-refractivity contribution >= 4 is 33.7 Å². The van der Waals surface area contributed by atoms with Crippen molar-refractivity contribution in [3.8, 4) is 5.75 Å². The van der Waals surface area contributed by atoms with Crippen molar-refractivity contribution in [3.05, 3.63) is 95.3 Å². The zero-order valence-corrected chi connectivity index (χ0v) is 20.2. The molecule has 196 valence electrons. The molecule has 0 bridgehead atoms. The molecule has 1 saturated heterocycles. The summed E-state index contributed by atoms with van der Waals surface area (Å²) in [6.45, 7) is 0.691. The van der Waals surface area contributed by atoms with E-state index in [0.29, 0.717) is 30.1 Å². The van der Waals surface area contributed by atoms with Crippen molar-refractivity contribution in [2.75, 3.05) is 48.4 Å². The van der Waals surface area contributed by atoms with Gasteiger partial charge in [-0.25, -0.2) is 22.0 Å². The van der Waals surface area contributed by atoms with Gasteiger partial charge in [0.05, 0.1) is 12.7 Å². The van der Waals surface area contributed by atoms with Gasteiger partial charge in [-0.15, -0.1) is 0 Å². The van der Waals surface area contributed by atoms with Crippen LogP contribution < -0.4 is 19.9 Å². The maximum atomic E-state index is 14.2. The van der Waals surface area contributed by atoms with E-state index in [-0.39, 0.29) is 19.0 Å². The summed E-state index contributed by atoms with van der Waals surface area (Å²) in [5.74, 6) is -9.65. The van der Waals surface area contributed by atoms with Gasteiger partial charge in [0.2, 0.25) is 5.82 Å². The average Bonchev–Trinajstić information content (AvgIpc) is 2.95. The molecule has 4 aromatic rings. The van der Waals surface area contributed by atoms with E-state index in [1.807, 2.05) is 29.2 Å². The third-order valence-corrected chi connectivity index (χ3v) is 6.59. The lowest BCUT2D eigenvalue weighted by Gasteiger charge is -2.37. The summed E-state index contributed by atoms with van der Waals surface area (Å²) < 4.78 is 74.4. The van der Waals surface area contributed by atoms with Gasteiger partial charge in [0.15, 0.2) is 23.3 Å². The monoisotopic (exact) mass is 527 g/mol. The molecule has 4 aromatic carbocycles. The first-order chi connectivity index (χ1) is 18.3. The van der Waals surface area contributed by atoms with Crippen LogP contribution in [0.15, 0.2) is 60.7 Å². The van der Waals surface area contributed by atoms with Gasteiger partial charge < -0.3 is 19.9 Å². The van der Waals surface area contributed by atoms with Crippen molar-refractivity contribution in [1.29, 1.82) is 0 Å². The minimum absolute atomic E-state index is 0.0542. The molecule has 1 aliphatic rings. The lowest BCUT2D eigenvalue weighted by molar-refractivity contribution is 0.102. The molecule has 1 aliphatic heterocycles. The summed E-state index contributed by atoms with van der Waals surface area (Å²) in [6, 6.07) is 18.2. The van der Waals surface area contributed by atoms with Crippen LogP contribution in [0.4, 0.5) is 39.0 Å². The summed E-state index contributed by atoms with van der Waals surface area (Å²) in [6.07, 6.45) is 0. The molecule has 1 N–H and O–H groups in total. The zero-order chi connectivity index (χ0) is 27.0. The van der Waals surface area contributed by atoms with Gasteiger partial charge in [0.1, 0.15) is 11.4 Å². The van der Waals surface area contributed by atoms with Crippen LogP contribution in [0.2, 0.25) is 0 Å². The van der Waals surface area contributed by atoms with Gasteiger partial charge in [-0.1, -0.05) is 24.3 Å². The Morgan fingerprint density at radius 3 is 1.84 bits per heavy atom. The summed E-state index contributed by atoms with van der Waals surface area (Å²) in [4.78, 5) is 16.0. The molecule has 38 heavy (non-hydrogen) atoms. The van der Waals surface area contributed by atoms with Crippen LogP contribution in [-0.2, 0) is 0 Å². The first-order valence-electron chi connectivity index (χ1n) is 11.8. The second-order valence-corrected chi connectivity index (χ2v) is 8.79. The maximum Gasteiger partial charge on any atom is 0.259 e. The Bertz CT molecular complexity index is 1490. The molecule has 0 aromatic heterocycles. The van der Waals surface area contributed by atoms with E-state index in [2.05, 4.69) is 5.32 Å². The number of carbonyl (C=O) groups is 1. The van der Waals surface area contributed by atoms with E-state index >= 15 is 0 Å². The Balaban J connectivity index is 1.26. The summed E-state index contributed by atoms with van der Waals surface area (Å²) in [5.41, 5.74) is 0.806. The summed E-state index contributed by atoms with van der Waals surface area (Å²) in [7, 11) is 1.50. The number of halogens is 5. The lowest BCUT2D eigenvalue weighted by atomic mass is 10.1. The molecule has 0 aliphatic carbocycles. The Morgan fingerprint density at radius 1 is 0.737 bits per heavy atom. The highest BCUT2D eigenvalue weighted by atomic mass is 19.2. The van der Waals surface area contributed by atoms with Gasteiger partial charge in [0.25, 0.3) is 5.91 Å². The first kappa shape index (κ1) is 25.3.